The molecule has 2 aromatic carbocycles. The highest BCUT2D eigenvalue weighted by Crippen LogP contribution is 2.44. The van der Waals surface area contributed by atoms with Gasteiger partial charge in [0.15, 0.2) is 0 Å². The number of rotatable bonds is 10. The fourth-order valence-corrected chi connectivity index (χ4v) is 4.63. The molecule has 1 unspecified atom stereocenters. The van der Waals surface area contributed by atoms with Gasteiger partial charge in [-0.1, -0.05) is 48.5 Å². The van der Waals surface area contributed by atoms with E-state index in [1.54, 1.807) is 27.7 Å². The number of amides is 2. The fourth-order valence-electron chi connectivity index (χ4n) is 4.16. The van der Waals surface area contributed by atoms with Crippen molar-refractivity contribution in [2.24, 2.45) is 5.41 Å². The molecule has 0 aliphatic heterocycles. The maximum Gasteiger partial charge on any atom is 0.407 e. The quantitative estimate of drug-likeness (QED) is 0.440. The molecule has 2 amide bonds. The second-order valence-electron chi connectivity index (χ2n) is 9.85. The summed E-state index contributed by atoms with van der Waals surface area (Å²) in [6.07, 6.45) is 1.57. The lowest BCUT2D eigenvalue weighted by molar-refractivity contribution is -0.144. The van der Waals surface area contributed by atoms with Gasteiger partial charge in [0.2, 0.25) is 5.91 Å². The molecule has 3 rings (SSSR count). The van der Waals surface area contributed by atoms with Crippen molar-refractivity contribution >= 4 is 29.7 Å². The first-order valence-corrected chi connectivity index (χ1v) is 13.0. The molecule has 1 aliphatic rings. The molecule has 3 N–H and O–H groups in total. The van der Waals surface area contributed by atoms with Gasteiger partial charge in [0.05, 0.1) is 11.0 Å². The van der Waals surface area contributed by atoms with Crippen LogP contribution in [0.5, 0.6) is 0 Å². The Hall–Kier alpha value is -3.00. The third-order valence-corrected chi connectivity index (χ3v) is 7.75. The summed E-state index contributed by atoms with van der Waals surface area (Å²) in [5.74, 6) is -0.986. The summed E-state index contributed by atoms with van der Waals surface area (Å²) in [5, 5.41) is 14.9. The Labute approximate surface area is 211 Å². The van der Waals surface area contributed by atoms with Crippen LogP contribution in [0.4, 0.5) is 4.79 Å². The molecule has 0 saturated heterocycles. The molecule has 1 atom stereocenters. The molecular weight excluding hydrogens is 464 g/mol. The Balaban J connectivity index is 1.66. The van der Waals surface area contributed by atoms with Crippen LogP contribution >= 0.6 is 11.8 Å². The van der Waals surface area contributed by atoms with E-state index in [4.69, 9.17) is 4.74 Å². The van der Waals surface area contributed by atoms with Crippen LogP contribution in [0, 0.1) is 5.41 Å². The van der Waals surface area contributed by atoms with Crippen molar-refractivity contribution in [1.29, 1.82) is 0 Å². The standard InChI is InChI=1S/C27H34N2O5S/c1-26(2,24(32)28-22(23(30)31)14-15-35-5)27(3,4)29-25(33)34-16-21-19-12-8-6-10-17(19)18-11-7-9-13-20(18)21/h6-13,21-22H,14-16H2,1-5H3,(H,28,32)(H,29,33)(H,30,31). The zero-order valence-corrected chi connectivity index (χ0v) is 21.7. The molecule has 0 heterocycles. The van der Waals surface area contributed by atoms with Crippen LogP contribution < -0.4 is 10.6 Å². The maximum absolute atomic E-state index is 13.0. The smallest absolute Gasteiger partial charge is 0.407 e. The van der Waals surface area contributed by atoms with Crippen LogP contribution in [0.2, 0.25) is 0 Å². The van der Waals surface area contributed by atoms with E-state index in [-0.39, 0.29) is 12.5 Å². The summed E-state index contributed by atoms with van der Waals surface area (Å²) < 4.78 is 5.64. The largest absolute Gasteiger partial charge is 0.480 e. The Kier molecular flexibility index (Phi) is 8.15. The van der Waals surface area contributed by atoms with Crippen LogP contribution in [0.25, 0.3) is 11.1 Å². The van der Waals surface area contributed by atoms with Crippen molar-refractivity contribution in [3.63, 3.8) is 0 Å². The summed E-state index contributed by atoms with van der Waals surface area (Å²) >= 11 is 1.52. The molecule has 188 valence electrons. The lowest BCUT2D eigenvalue weighted by Crippen LogP contribution is -2.61. The lowest BCUT2D eigenvalue weighted by atomic mass is 9.73. The van der Waals surface area contributed by atoms with Crippen molar-refractivity contribution in [3.05, 3.63) is 59.7 Å². The van der Waals surface area contributed by atoms with E-state index in [2.05, 4.69) is 34.9 Å². The van der Waals surface area contributed by atoms with Gasteiger partial charge in [-0.15, -0.1) is 0 Å². The van der Waals surface area contributed by atoms with Crippen molar-refractivity contribution in [1.82, 2.24) is 10.6 Å². The van der Waals surface area contributed by atoms with Gasteiger partial charge in [0.1, 0.15) is 12.6 Å². The van der Waals surface area contributed by atoms with Crippen LogP contribution in [0.3, 0.4) is 0 Å². The van der Waals surface area contributed by atoms with E-state index in [0.29, 0.717) is 12.2 Å². The fraction of sp³-hybridized carbons (Fsp3) is 0.444. The van der Waals surface area contributed by atoms with Crippen LogP contribution in [0.15, 0.2) is 48.5 Å². The number of fused-ring (bicyclic) bond motifs is 3. The molecule has 7 nitrogen and oxygen atoms in total. The second-order valence-corrected chi connectivity index (χ2v) is 10.8. The molecule has 0 radical (unpaired) electrons. The van der Waals surface area contributed by atoms with Crippen molar-refractivity contribution < 1.29 is 24.2 Å². The highest BCUT2D eigenvalue weighted by molar-refractivity contribution is 7.98. The molecular formula is C27H34N2O5S. The number of carboxylic acids is 1. The van der Waals surface area contributed by atoms with Gasteiger partial charge in [0.25, 0.3) is 0 Å². The van der Waals surface area contributed by atoms with E-state index in [9.17, 15) is 19.5 Å². The third kappa shape index (κ3) is 5.64. The van der Waals surface area contributed by atoms with Crippen LogP contribution in [-0.2, 0) is 14.3 Å². The predicted octanol–water partition coefficient (Wildman–Crippen LogP) is 4.65. The number of hydrogen-bond donors (Lipinski definition) is 3. The number of aliphatic carboxylic acids is 1. The normalized spacial score (nSPS) is 14.0. The summed E-state index contributed by atoms with van der Waals surface area (Å²) in [6.45, 7) is 6.98. The van der Waals surface area contributed by atoms with Crippen LogP contribution in [0.1, 0.15) is 51.2 Å². The molecule has 1 aliphatic carbocycles. The number of carbonyl (C=O) groups is 3. The first-order chi connectivity index (χ1) is 16.5. The van der Waals surface area contributed by atoms with E-state index in [1.807, 2.05) is 30.5 Å². The Bertz CT molecular complexity index is 1050. The predicted molar refractivity (Wildman–Crippen MR) is 139 cm³/mol. The summed E-state index contributed by atoms with van der Waals surface area (Å²) in [5.41, 5.74) is 2.40. The Morgan fingerprint density at radius 1 is 1.00 bits per heavy atom. The van der Waals surface area contributed by atoms with E-state index < -0.39 is 35.0 Å². The van der Waals surface area contributed by atoms with E-state index >= 15 is 0 Å². The molecule has 2 aromatic rings. The molecule has 0 aromatic heterocycles. The monoisotopic (exact) mass is 498 g/mol. The first-order valence-electron chi connectivity index (χ1n) is 11.7. The minimum Gasteiger partial charge on any atom is -0.480 e. The molecule has 0 bridgehead atoms. The lowest BCUT2D eigenvalue weighted by Gasteiger charge is -2.41. The molecule has 8 heteroatoms. The minimum absolute atomic E-state index is 0.0691. The average Bonchev–Trinajstić information content (AvgIpc) is 3.13. The molecule has 0 spiro atoms. The number of nitrogens with one attached hydrogen (secondary N) is 2. The van der Waals surface area contributed by atoms with Crippen molar-refractivity contribution in [3.8, 4) is 11.1 Å². The number of benzene rings is 2. The second kappa shape index (κ2) is 10.7. The number of ether oxygens (including phenoxy) is 1. The highest BCUT2D eigenvalue weighted by atomic mass is 32.2. The topological polar surface area (TPSA) is 105 Å². The highest BCUT2D eigenvalue weighted by Gasteiger charge is 2.45. The third-order valence-electron chi connectivity index (χ3n) is 7.10. The number of hydrogen-bond acceptors (Lipinski definition) is 5. The van der Waals surface area contributed by atoms with Crippen LogP contribution in [-0.4, -0.2) is 53.3 Å². The van der Waals surface area contributed by atoms with Gasteiger partial charge in [-0.2, -0.15) is 11.8 Å². The summed E-state index contributed by atoms with van der Waals surface area (Å²) in [6, 6.07) is 15.2. The minimum atomic E-state index is -1.11. The van der Waals surface area contributed by atoms with Crippen molar-refractivity contribution in [2.75, 3.05) is 18.6 Å². The zero-order chi connectivity index (χ0) is 25.8. The van der Waals surface area contributed by atoms with Gasteiger partial charge >= 0.3 is 12.1 Å². The van der Waals surface area contributed by atoms with E-state index in [0.717, 1.165) is 22.3 Å². The van der Waals surface area contributed by atoms with Gasteiger partial charge in [-0.25, -0.2) is 9.59 Å². The Morgan fingerprint density at radius 2 is 1.54 bits per heavy atom. The maximum atomic E-state index is 13.0. The number of carboxylic acid groups (broad SMARTS) is 1. The number of thioether (sulfide) groups is 1. The van der Waals surface area contributed by atoms with Crippen molar-refractivity contribution in [2.45, 2.75) is 51.6 Å². The van der Waals surface area contributed by atoms with E-state index in [1.165, 1.54) is 11.8 Å². The summed E-state index contributed by atoms with van der Waals surface area (Å²) in [7, 11) is 0. The molecule has 35 heavy (non-hydrogen) atoms. The van der Waals surface area contributed by atoms with Gasteiger partial charge in [-0.05, 0) is 68.4 Å². The van der Waals surface area contributed by atoms with Gasteiger partial charge in [-0.3, -0.25) is 4.79 Å². The number of carbonyl (C=O) groups excluding carboxylic acids is 2. The van der Waals surface area contributed by atoms with Gasteiger partial charge < -0.3 is 20.5 Å². The number of alkyl carbamates (subject to hydrolysis) is 1. The molecule has 0 saturated carbocycles. The zero-order valence-electron chi connectivity index (χ0n) is 20.9. The SMILES string of the molecule is CSCCC(NC(=O)C(C)(C)C(C)(C)NC(=O)OCC1c2ccccc2-c2ccccc21)C(=O)O. The summed E-state index contributed by atoms with van der Waals surface area (Å²) in [4.78, 5) is 37.4. The first kappa shape index (κ1) is 26.6. The van der Waals surface area contributed by atoms with Gasteiger partial charge in [0, 0.05) is 5.92 Å². The molecule has 0 fully saturated rings. The average molecular weight is 499 g/mol. The Morgan fingerprint density at radius 3 is 2.06 bits per heavy atom.